The SMILES string of the molecule is CCCCNC(C)CCc1cccs1. The number of hydrogen-bond donors (Lipinski definition) is 1. The Bertz CT molecular complexity index is 218. The highest BCUT2D eigenvalue weighted by atomic mass is 32.1. The Balaban J connectivity index is 2.06. The normalized spacial score (nSPS) is 13.0. The lowest BCUT2D eigenvalue weighted by atomic mass is 10.1. The highest BCUT2D eigenvalue weighted by Gasteiger charge is 2.01. The maximum absolute atomic E-state index is 3.55. The average molecular weight is 211 g/mol. The van der Waals surface area contributed by atoms with Gasteiger partial charge in [0, 0.05) is 10.9 Å². The van der Waals surface area contributed by atoms with E-state index in [4.69, 9.17) is 0 Å². The highest BCUT2D eigenvalue weighted by molar-refractivity contribution is 7.09. The molecule has 0 fully saturated rings. The molecule has 1 rings (SSSR count). The standard InChI is InChI=1S/C12H21NS/c1-3-4-9-13-11(2)7-8-12-6-5-10-14-12/h5-6,10-11,13H,3-4,7-9H2,1-2H3. The zero-order chi connectivity index (χ0) is 10.2. The molecule has 1 atom stereocenters. The third kappa shape index (κ3) is 4.77. The largest absolute Gasteiger partial charge is 0.314 e. The van der Waals surface area contributed by atoms with Crippen molar-refractivity contribution in [3.8, 4) is 0 Å². The average Bonchev–Trinajstić information content (AvgIpc) is 2.68. The van der Waals surface area contributed by atoms with Crippen molar-refractivity contribution in [1.29, 1.82) is 0 Å². The number of nitrogens with one attached hydrogen (secondary N) is 1. The predicted octanol–water partition coefficient (Wildman–Crippen LogP) is 3.46. The number of aryl methyl sites for hydroxylation is 1. The number of thiophene rings is 1. The van der Waals surface area contributed by atoms with Crippen LogP contribution in [0.4, 0.5) is 0 Å². The van der Waals surface area contributed by atoms with Crippen LogP contribution in [0.2, 0.25) is 0 Å². The molecule has 80 valence electrons. The Hall–Kier alpha value is -0.340. The van der Waals surface area contributed by atoms with Crippen LogP contribution in [0, 0.1) is 0 Å². The molecule has 1 nitrogen and oxygen atoms in total. The Morgan fingerprint density at radius 3 is 3.00 bits per heavy atom. The lowest BCUT2D eigenvalue weighted by Gasteiger charge is -2.12. The van der Waals surface area contributed by atoms with Crippen LogP contribution >= 0.6 is 11.3 Å². The Morgan fingerprint density at radius 1 is 1.50 bits per heavy atom. The van der Waals surface area contributed by atoms with Crippen LogP contribution < -0.4 is 5.32 Å². The molecule has 1 heterocycles. The van der Waals surface area contributed by atoms with E-state index in [1.165, 1.54) is 37.1 Å². The fourth-order valence-electron chi connectivity index (χ4n) is 1.44. The lowest BCUT2D eigenvalue weighted by Crippen LogP contribution is -2.27. The molecule has 0 radical (unpaired) electrons. The van der Waals surface area contributed by atoms with E-state index in [2.05, 4.69) is 36.7 Å². The predicted molar refractivity (Wildman–Crippen MR) is 65.0 cm³/mol. The molecular weight excluding hydrogens is 190 g/mol. The van der Waals surface area contributed by atoms with Crippen LogP contribution in [-0.4, -0.2) is 12.6 Å². The second-order valence-electron chi connectivity index (χ2n) is 3.83. The summed E-state index contributed by atoms with van der Waals surface area (Å²) < 4.78 is 0. The van der Waals surface area contributed by atoms with Gasteiger partial charge in [-0.3, -0.25) is 0 Å². The zero-order valence-electron chi connectivity index (χ0n) is 9.25. The van der Waals surface area contributed by atoms with Gasteiger partial charge in [-0.25, -0.2) is 0 Å². The van der Waals surface area contributed by atoms with E-state index >= 15 is 0 Å². The number of rotatable bonds is 7. The Labute approximate surface area is 91.5 Å². The third-order valence-electron chi connectivity index (χ3n) is 2.43. The maximum Gasteiger partial charge on any atom is 0.00458 e. The fraction of sp³-hybridized carbons (Fsp3) is 0.667. The van der Waals surface area contributed by atoms with E-state index in [1.54, 1.807) is 0 Å². The quantitative estimate of drug-likeness (QED) is 0.681. The van der Waals surface area contributed by atoms with E-state index < -0.39 is 0 Å². The Kier molecular flexibility index (Phi) is 5.88. The van der Waals surface area contributed by atoms with Gasteiger partial charge in [0.1, 0.15) is 0 Å². The van der Waals surface area contributed by atoms with Crippen molar-refractivity contribution in [1.82, 2.24) is 5.32 Å². The molecule has 14 heavy (non-hydrogen) atoms. The maximum atomic E-state index is 3.55. The first kappa shape index (κ1) is 11.7. The van der Waals surface area contributed by atoms with E-state index in [0.29, 0.717) is 6.04 Å². The first-order valence-electron chi connectivity index (χ1n) is 5.58. The number of hydrogen-bond acceptors (Lipinski definition) is 2. The molecule has 0 saturated carbocycles. The van der Waals surface area contributed by atoms with E-state index in [0.717, 1.165) is 0 Å². The molecule has 1 aromatic rings. The second kappa shape index (κ2) is 7.02. The minimum atomic E-state index is 0.656. The molecule has 0 bridgehead atoms. The molecule has 0 aliphatic carbocycles. The summed E-state index contributed by atoms with van der Waals surface area (Å²) >= 11 is 1.87. The van der Waals surface area contributed by atoms with Gasteiger partial charge in [0.15, 0.2) is 0 Å². The van der Waals surface area contributed by atoms with Gasteiger partial charge in [0.25, 0.3) is 0 Å². The van der Waals surface area contributed by atoms with E-state index in [1.807, 2.05) is 11.3 Å². The minimum Gasteiger partial charge on any atom is -0.314 e. The summed E-state index contributed by atoms with van der Waals surface area (Å²) in [6, 6.07) is 5.02. The van der Waals surface area contributed by atoms with Crippen molar-refractivity contribution in [3.63, 3.8) is 0 Å². The molecular formula is C12H21NS. The molecule has 0 spiro atoms. The molecule has 1 N–H and O–H groups in total. The molecule has 0 saturated heterocycles. The summed E-state index contributed by atoms with van der Waals surface area (Å²) in [6.07, 6.45) is 5.05. The molecule has 0 aliphatic rings. The molecule has 0 aromatic carbocycles. The minimum absolute atomic E-state index is 0.656. The monoisotopic (exact) mass is 211 g/mol. The van der Waals surface area contributed by atoms with Gasteiger partial charge < -0.3 is 5.32 Å². The summed E-state index contributed by atoms with van der Waals surface area (Å²) in [7, 11) is 0. The van der Waals surface area contributed by atoms with E-state index in [9.17, 15) is 0 Å². The first-order valence-corrected chi connectivity index (χ1v) is 6.46. The first-order chi connectivity index (χ1) is 6.83. The summed E-state index contributed by atoms with van der Waals surface area (Å²) in [5, 5.41) is 5.71. The molecule has 1 unspecified atom stereocenters. The third-order valence-corrected chi connectivity index (χ3v) is 3.36. The summed E-state index contributed by atoms with van der Waals surface area (Å²) in [4.78, 5) is 1.51. The molecule has 0 aliphatic heterocycles. The Morgan fingerprint density at radius 2 is 2.36 bits per heavy atom. The van der Waals surface area contributed by atoms with Gasteiger partial charge in [-0.15, -0.1) is 11.3 Å². The van der Waals surface area contributed by atoms with Crippen LogP contribution in [0.25, 0.3) is 0 Å². The lowest BCUT2D eigenvalue weighted by molar-refractivity contribution is 0.505. The van der Waals surface area contributed by atoms with Crippen molar-refractivity contribution in [2.45, 2.75) is 45.6 Å². The molecule has 0 amide bonds. The van der Waals surface area contributed by atoms with Crippen molar-refractivity contribution in [2.75, 3.05) is 6.54 Å². The van der Waals surface area contributed by atoms with Crippen LogP contribution in [0.1, 0.15) is 38.0 Å². The highest BCUT2D eigenvalue weighted by Crippen LogP contribution is 2.11. The second-order valence-corrected chi connectivity index (χ2v) is 4.86. The van der Waals surface area contributed by atoms with Crippen molar-refractivity contribution in [2.24, 2.45) is 0 Å². The zero-order valence-corrected chi connectivity index (χ0v) is 10.1. The van der Waals surface area contributed by atoms with Crippen molar-refractivity contribution < 1.29 is 0 Å². The topological polar surface area (TPSA) is 12.0 Å². The van der Waals surface area contributed by atoms with Gasteiger partial charge in [0.2, 0.25) is 0 Å². The smallest absolute Gasteiger partial charge is 0.00458 e. The van der Waals surface area contributed by atoms with Crippen LogP contribution in [-0.2, 0) is 6.42 Å². The van der Waals surface area contributed by atoms with Crippen LogP contribution in [0.3, 0.4) is 0 Å². The summed E-state index contributed by atoms with van der Waals surface area (Å²) in [5.41, 5.74) is 0. The van der Waals surface area contributed by atoms with Crippen LogP contribution in [0.5, 0.6) is 0 Å². The summed E-state index contributed by atoms with van der Waals surface area (Å²) in [5.74, 6) is 0. The summed E-state index contributed by atoms with van der Waals surface area (Å²) in [6.45, 7) is 5.68. The van der Waals surface area contributed by atoms with E-state index in [-0.39, 0.29) is 0 Å². The van der Waals surface area contributed by atoms with Gasteiger partial charge in [-0.2, -0.15) is 0 Å². The van der Waals surface area contributed by atoms with Crippen molar-refractivity contribution in [3.05, 3.63) is 22.4 Å². The fourth-order valence-corrected chi connectivity index (χ4v) is 2.17. The molecule has 2 heteroatoms. The number of unbranched alkanes of at least 4 members (excludes halogenated alkanes) is 1. The van der Waals surface area contributed by atoms with Gasteiger partial charge in [-0.1, -0.05) is 19.4 Å². The van der Waals surface area contributed by atoms with Crippen LogP contribution in [0.15, 0.2) is 17.5 Å². The molecule has 1 aromatic heterocycles. The van der Waals surface area contributed by atoms with Gasteiger partial charge >= 0.3 is 0 Å². The van der Waals surface area contributed by atoms with Crippen molar-refractivity contribution >= 4 is 11.3 Å². The van der Waals surface area contributed by atoms with Gasteiger partial charge in [-0.05, 0) is 44.2 Å². The van der Waals surface area contributed by atoms with Gasteiger partial charge in [0.05, 0.1) is 0 Å².